The lowest BCUT2D eigenvalue weighted by atomic mass is 10.4. The minimum Gasteiger partial charge on any atom is -0.480 e. The minimum atomic E-state index is -3.65. The molecule has 0 unspecified atom stereocenters. The van der Waals surface area contributed by atoms with Crippen molar-refractivity contribution in [1.29, 1.82) is 0 Å². The number of nitrogen functional groups attached to an aromatic ring is 1. The summed E-state index contributed by atoms with van der Waals surface area (Å²) in [5, 5.41) is 0. The highest BCUT2D eigenvalue weighted by molar-refractivity contribution is 9.10. The number of nitrogens with one attached hydrogen (secondary N) is 1. The van der Waals surface area contributed by atoms with E-state index in [1.54, 1.807) is 54.7 Å². The molecule has 0 spiro atoms. The van der Waals surface area contributed by atoms with Gasteiger partial charge < -0.3 is 15.2 Å². The van der Waals surface area contributed by atoms with Crippen molar-refractivity contribution >= 4 is 73.0 Å². The van der Waals surface area contributed by atoms with Crippen molar-refractivity contribution in [2.75, 3.05) is 24.7 Å². The normalized spacial score (nSPS) is 10.7. The van der Waals surface area contributed by atoms with Crippen LogP contribution in [0.1, 0.15) is 0 Å². The van der Waals surface area contributed by atoms with Gasteiger partial charge in [0, 0.05) is 32.0 Å². The van der Waals surface area contributed by atoms with Crippen molar-refractivity contribution in [3.8, 4) is 11.8 Å². The van der Waals surface area contributed by atoms with E-state index in [0.29, 0.717) is 16.0 Å². The van der Waals surface area contributed by atoms with E-state index in [0.717, 1.165) is 4.47 Å². The Morgan fingerprint density at radius 3 is 1.67 bits per heavy atom. The average Bonchev–Trinajstić information content (AvgIpc) is 2.90. The number of rotatable bonds is 6. The first-order valence-corrected chi connectivity index (χ1v) is 16.0. The van der Waals surface area contributed by atoms with Gasteiger partial charge in [-0.25, -0.2) is 26.8 Å². The van der Waals surface area contributed by atoms with Gasteiger partial charge in [-0.05, 0) is 68.3 Å². The van der Waals surface area contributed by atoms with Crippen LogP contribution >= 0.6 is 42.5 Å². The Bertz CT molecular complexity index is 1580. The fraction of sp³-hybridized carbons (Fsp3) is 0.0833. The highest BCUT2D eigenvalue weighted by Gasteiger charge is 2.17. The molecule has 10 nitrogen and oxygen atoms in total. The van der Waals surface area contributed by atoms with E-state index in [-0.39, 0.29) is 21.4 Å². The molecule has 0 atom stereocenters. The Morgan fingerprint density at radius 1 is 0.769 bits per heavy atom. The van der Waals surface area contributed by atoms with Gasteiger partial charge >= 0.3 is 0 Å². The fourth-order valence-corrected chi connectivity index (χ4v) is 5.20. The zero-order valence-electron chi connectivity index (χ0n) is 20.5. The Morgan fingerprint density at radius 2 is 1.23 bits per heavy atom. The smallest absolute Gasteiger partial charge is 0.262 e. The van der Waals surface area contributed by atoms with Gasteiger partial charge in [0.15, 0.2) is 0 Å². The molecule has 15 heteroatoms. The molecule has 0 fully saturated rings. The zero-order chi connectivity index (χ0) is 29.1. The van der Waals surface area contributed by atoms with Crippen LogP contribution in [0, 0.1) is 0 Å². The molecule has 2 aromatic carbocycles. The monoisotopic (exact) mass is 720 g/mol. The number of aromatic nitrogens is 2. The summed E-state index contributed by atoms with van der Waals surface area (Å²) in [5.41, 5.74) is 6.33. The molecule has 39 heavy (non-hydrogen) atoms. The highest BCUT2D eigenvalue weighted by atomic mass is 79.9. The Hall–Kier alpha value is -2.91. The summed E-state index contributed by atoms with van der Waals surface area (Å²) in [6.07, 6.45) is 3.16. The lowest BCUT2D eigenvalue weighted by molar-refractivity contribution is 0.400. The van der Waals surface area contributed by atoms with Crippen LogP contribution < -0.4 is 19.9 Å². The van der Waals surface area contributed by atoms with Crippen LogP contribution in [-0.2, 0) is 19.1 Å². The van der Waals surface area contributed by atoms with Crippen LogP contribution in [0.2, 0.25) is 0 Å². The van der Waals surface area contributed by atoms with Gasteiger partial charge in [0.25, 0.3) is 19.1 Å². The summed E-state index contributed by atoms with van der Waals surface area (Å²) in [6, 6.07) is 19.3. The number of benzene rings is 2. The van der Waals surface area contributed by atoms with Crippen LogP contribution in [0.4, 0.5) is 11.4 Å². The largest absolute Gasteiger partial charge is 0.480 e. The van der Waals surface area contributed by atoms with Gasteiger partial charge in [-0.1, -0.05) is 36.4 Å². The van der Waals surface area contributed by atoms with Gasteiger partial charge in [-0.3, -0.25) is 4.72 Å². The number of halogens is 3. The van der Waals surface area contributed by atoms with Crippen molar-refractivity contribution in [1.82, 2.24) is 9.97 Å². The summed E-state index contributed by atoms with van der Waals surface area (Å²) in [4.78, 5) is 8.19. The molecule has 4 rings (SSSR count). The van der Waals surface area contributed by atoms with Gasteiger partial charge in [0.05, 0.1) is 29.7 Å². The summed E-state index contributed by atoms with van der Waals surface area (Å²) in [7, 11) is 0.808. The number of hydrogen-bond acceptors (Lipinski definition) is 9. The van der Waals surface area contributed by atoms with Gasteiger partial charge in [-0.15, -0.1) is 0 Å². The second-order valence-electron chi connectivity index (χ2n) is 7.13. The summed E-state index contributed by atoms with van der Waals surface area (Å²) < 4.78 is 59.4. The van der Waals surface area contributed by atoms with E-state index < -0.39 is 19.1 Å². The van der Waals surface area contributed by atoms with Gasteiger partial charge in [0.1, 0.15) is 5.69 Å². The summed E-state index contributed by atoms with van der Waals surface area (Å²) in [5.74, 6) is 0.672. The molecule has 3 N–H and O–H groups in total. The molecule has 0 bridgehead atoms. The van der Waals surface area contributed by atoms with Crippen LogP contribution in [0.15, 0.2) is 104 Å². The van der Waals surface area contributed by atoms with Crippen molar-refractivity contribution in [2.45, 2.75) is 9.79 Å². The topological polar surface area (TPSA) is 151 Å². The Labute approximate surface area is 248 Å². The molecule has 4 aromatic rings. The van der Waals surface area contributed by atoms with E-state index in [2.05, 4.69) is 46.5 Å². The maximum absolute atomic E-state index is 12.2. The molecule has 2 heterocycles. The van der Waals surface area contributed by atoms with E-state index in [4.69, 9.17) is 25.9 Å². The molecular formula is C24H23Br2ClN4O6S2. The molecule has 0 amide bonds. The molecule has 0 aliphatic rings. The first-order valence-electron chi connectivity index (χ1n) is 10.6. The fourth-order valence-electron chi connectivity index (χ4n) is 2.66. The lowest BCUT2D eigenvalue weighted by Crippen LogP contribution is -2.13. The van der Waals surface area contributed by atoms with Crippen molar-refractivity contribution < 1.29 is 26.3 Å². The summed E-state index contributed by atoms with van der Waals surface area (Å²) >= 11 is 6.46. The molecule has 0 aliphatic carbocycles. The minimum absolute atomic E-state index is 0.136. The Kier molecular flexibility index (Phi) is 12.4. The number of anilines is 2. The van der Waals surface area contributed by atoms with Gasteiger partial charge in [0.2, 0.25) is 11.8 Å². The van der Waals surface area contributed by atoms with Gasteiger partial charge in [-0.2, -0.15) is 0 Å². The first kappa shape index (κ1) is 32.3. The van der Waals surface area contributed by atoms with Crippen LogP contribution in [0.5, 0.6) is 11.8 Å². The van der Waals surface area contributed by atoms with Crippen LogP contribution in [0.3, 0.4) is 0 Å². The zero-order valence-corrected chi connectivity index (χ0v) is 26.0. The quantitative estimate of drug-likeness (QED) is 0.239. The van der Waals surface area contributed by atoms with Crippen LogP contribution in [0.25, 0.3) is 0 Å². The molecule has 2 aromatic heterocycles. The second kappa shape index (κ2) is 15.0. The molecule has 0 saturated carbocycles. The van der Waals surface area contributed by atoms with Crippen molar-refractivity contribution in [3.63, 3.8) is 0 Å². The third-order valence-electron chi connectivity index (χ3n) is 4.37. The standard InChI is InChI=1S/C12H11BrN2O3S.C6H7BrN2O.C6H5ClO2S/c1-18-12-11(7-9(13)8-14-12)15-19(16,17)10-5-3-2-4-6-10;1-10-6-5(8)2-4(7)3-9-6;7-10(8,9)6-4-2-1-3-5-6/h2-8,15H,1H3;2-3H,8H2,1H3;1-5H. The lowest BCUT2D eigenvalue weighted by Gasteiger charge is -2.11. The predicted octanol–water partition coefficient (Wildman–Crippen LogP) is 5.70. The highest BCUT2D eigenvalue weighted by Crippen LogP contribution is 2.27. The SMILES string of the molecule is COc1ncc(Br)cc1N.COc1ncc(Br)cc1NS(=O)(=O)c1ccccc1.O=S(=O)(Cl)c1ccccc1. The van der Waals surface area contributed by atoms with Crippen LogP contribution in [-0.4, -0.2) is 41.0 Å². The van der Waals surface area contributed by atoms with E-state index in [9.17, 15) is 16.8 Å². The summed E-state index contributed by atoms with van der Waals surface area (Å²) in [6.45, 7) is 0. The predicted molar refractivity (Wildman–Crippen MR) is 158 cm³/mol. The molecule has 208 valence electrons. The molecule has 0 aliphatic heterocycles. The number of hydrogen-bond donors (Lipinski definition) is 2. The number of methoxy groups -OCH3 is 2. The van der Waals surface area contributed by atoms with Crippen molar-refractivity contribution in [3.05, 3.63) is 94.1 Å². The number of pyridine rings is 2. The molecular weight excluding hydrogens is 700 g/mol. The molecule has 0 radical (unpaired) electrons. The average molecular weight is 723 g/mol. The third-order valence-corrected chi connectivity index (χ3v) is 7.99. The third kappa shape index (κ3) is 10.6. The van der Waals surface area contributed by atoms with E-state index in [1.165, 1.54) is 44.7 Å². The number of sulfonamides is 1. The first-order chi connectivity index (χ1) is 18.4. The van der Waals surface area contributed by atoms with E-state index >= 15 is 0 Å². The number of nitrogens with zero attached hydrogens (tertiary/aromatic N) is 2. The number of nitrogens with two attached hydrogens (primary N) is 1. The maximum atomic E-state index is 12.2. The van der Waals surface area contributed by atoms with Crippen molar-refractivity contribution in [2.24, 2.45) is 0 Å². The number of ether oxygens (including phenoxy) is 2. The Balaban J connectivity index is 0.000000225. The molecule has 0 saturated heterocycles. The second-order valence-corrected chi connectivity index (χ2v) is 13.2. The van der Waals surface area contributed by atoms with E-state index in [1.807, 2.05) is 0 Å². The maximum Gasteiger partial charge on any atom is 0.262 e.